The summed E-state index contributed by atoms with van der Waals surface area (Å²) in [4.78, 5) is 38.8. The van der Waals surface area contributed by atoms with E-state index in [4.69, 9.17) is 18.9 Å². The number of amides is 1. The van der Waals surface area contributed by atoms with E-state index in [2.05, 4.69) is 4.74 Å². The average molecular weight is 496 g/mol. The molecule has 0 saturated carbocycles. The second-order valence-corrected chi connectivity index (χ2v) is 7.84. The summed E-state index contributed by atoms with van der Waals surface area (Å²) in [6.07, 6.45) is 2.18. The number of hydrogen-bond donors (Lipinski definition) is 0. The normalized spacial score (nSPS) is 14.2. The van der Waals surface area contributed by atoms with Crippen LogP contribution in [-0.2, 0) is 30.3 Å². The third kappa shape index (κ3) is 5.86. The van der Waals surface area contributed by atoms with Gasteiger partial charge in [0.25, 0.3) is 5.91 Å². The molecule has 0 aliphatic carbocycles. The predicted molar refractivity (Wildman–Crippen MR) is 132 cm³/mol. The fourth-order valence-corrected chi connectivity index (χ4v) is 3.80. The highest BCUT2D eigenvalue weighted by Gasteiger charge is 2.36. The average Bonchev–Trinajstić information content (AvgIpc) is 3.14. The summed E-state index contributed by atoms with van der Waals surface area (Å²) in [7, 11) is 5.70. The molecule has 1 heterocycles. The van der Waals surface area contributed by atoms with E-state index in [1.807, 2.05) is 18.2 Å². The first-order chi connectivity index (χ1) is 17.3. The standard InChI is InChI=1S/C27H29NO8/c1-17-25(27(31)35-5)21(14-18-6-9-20(10-7-18)36-16-24(29)34-4)26(30)28(17)13-12-19-8-11-22(32-2)23(15-19)33-3/h6-11,14-15H,12-13,16H2,1-5H3/b21-14-. The van der Waals surface area contributed by atoms with Crippen molar-refractivity contribution in [1.29, 1.82) is 0 Å². The summed E-state index contributed by atoms with van der Waals surface area (Å²) in [5.74, 6) is 0.323. The number of carbonyl (C=O) groups is 3. The number of ether oxygens (including phenoxy) is 5. The van der Waals surface area contributed by atoms with Crippen LogP contribution >= 0.6 is 0 Å². The first kappa shape index (κ1) is 26.3. The molecule has 0 N–H and O–H groups in total. The second-order valence-electron chi connectivity index (χ2n) is 7.84. The number of allylic oxidation sites excluding steroid dienone is 1. The van der Waals surface area contributed by atoms with Crippen molar-refractivity contribution in [2.24, 2.45) is 0 Å². The Balaban J connectivity index is 1.82. The Morgan fingerprint density at radius 2 is 1.61 bits per heavy atom. The van der Waals surface area contributed by atoms with Gasteiger partial charge in [0.2, 0.25) is 0 Å². The van der Waals surface area contributed by atoms with Gasteiger partial charge in [-0.3, -0.25) is 4.79 Å². The Hall–Kier alpha value is -4.27. The van der Waals surface area contributed by atoms with Gasteiger partial charge < -0.3 is 28.6 Å². The third-order valence-corrected chi connectivity index (χ3v) is 5.75. The largest absolute Gasteiger partial charge is 0.493 e. The quantitative estimate of drug-likeness (QED) is 0.366. The van der Waals surface area contributed by atoms with Crippen molar-refractivity contribution in [2.75, 3.05) is 41.6 Å². The van der Waals surface area contributed by atoms with Crippen molar-refractivity contribution in [3.05, 3.63) is 70.4 Å². The first-order valence-corrected chi connectivity index (χ1v) is 11.2. The summed E-state index contributed by atoms with van der Waals surface area (Å²) in [5.41, 5.74) is 2.62. The van der Waals surface area contributed by atoms with Crippen LogP contribution in [0.1, 0.15) is 18.1 Å². The van der Waals surface area contributed by atoms with Crippen LogP contribution in [0.4, 0.5) is 0 Å². The third-order valence-electron chi connectivity index (χ3n) is 5.75. The van der Waals surface area contributed by atoms with Crippen LogP contribution in [0.3, 0.4) is 0 Å². The van der Waals surface area contributed by atoms with Gasteiger partial charge in [-0.1, -0.05) is 18.2 Å². The molecule has 2 aromatic rings. The maximum atomic E-state index is 13.4. The molecule has 0 atom stereocenters. The smallest absolute Gasteiger partial charge is 0.343 e. The fraction of sp³-hybridized carbons (Fsp3) is 0.296. The number of esters is 2. The zero-order valence-electron chi connectivity index (χ0n) is 21.0. The molecule has 9 nitrogen and oxygen atoms in total. The van der Waals surface area contributed by atoms with E-state index in [1.165, 1.54) is 14.2 Å². The van der Waals surface area contributed by atoms with E-state index >= 15 is 0 Å². The van der Waals surface area contributed by atoms with Gasteiger partial charge in [0.1, 0.15) is 5.75 Å². The number of rotatable bonds is 10. The van der Waals surface area contributed by atoms with E-state index in [9.17, 15) is 14.4 Å². The van der Waals surface area contributed by atoms with Gasteiger partial charge in [0.15, 0.2) is 18.1 Å². The van der Waals surface area contributed by atoms with Crippen LogP contribution in [0.25, 0.3) is 6.08 Å². The minimum Gasteiger partial charge on any atom is -0.493 e. The molecule has 0 spiro atoms. The Morgan fingerprint density at radius 3 is 2.22 bits per heavy atom. The van der Waals surface area contributed by atoms with E-state index in [-0.39, 0.29) is 23.7 Å². The van der Waals surface area contributed by atoms with Gasteiger partial charge >= 0.3 is 11.9 Å². The van der Waals surface area contributed by atoms with Gasteiger partial charge in [-0.15, -0.1) is 0 Å². The molecule has 3 rings (SSSR count). The summed E-state index contributed by atoms with van der Waals surface area (Å²) in [6, 6.07) is 12.4. The van der Waals surface area contributed by atoms with Crippen molar-refractivity contribution < 1.29 is 38.1 Å². The van der Waals surface area contributed by atoms with Crippen molar-refractivity contribution in [2.45, 2.75) is 13.3 Å². The molecule has 0 fully saturated rings. The molecule has 2 aromatic carbocycles. The van der Waals surface area contributed by atoms with Crippen molar-refractivity contribution >= 4 is 23.9 Å². The summed E-state index contributed by atoms with van der Waals surface area (Å²) in [5, 5.41) is 0. The van der Waals surface area contributed by atoms with Crippen LogP contribution < -0.4 is 14.2 Å². The van der Waals surface area contributed by atoms with E-state index in [0.29, 0.717) is 41.5 Å². The van der Waals surface area contributed by atoms with E-state index < -0.39 is 11.9 Å². The molecule has 1 amide bonds. The molecule has 0 saturated heterocycles. The van der Waals surface area contributed by atoms with Crippen molar-refractivity contribution in [3.63, 3.8) is 0 Å². The lowest BCUT2D eigenvalue weighted by Gasteiger charge is -2.18. The van der Waals surface area contributed by atoms with Crippen LogP contribution in [-0.4, -0.2) is 64.3 Å². The SMILES string of the molecule is COC(=O)COc1ccc(/C=C2\C(=O)N(CCc3ccc(OC)c(OC)c3)C(C)=C2C(=O)OC)cc1. The lowest BCUT2D eigenvalue weighted by Crippen LogP contribution is -2.27. The maximum Gasteiger partial charge on any atom is 0.343 e. The Kier molecular flexibility index (Phi) is 8.72. The van der Waals surface area contributed by atoms with Gasteiger partial charge in [0.05, 0.1) is 39.6 Å². The van der Waals surface area contributed by atoms with Crippen LogP contribution in [0.5, 0.6) is 17.2 Å². The number of carbonyl (C=O) groups excluding carboxylic acids is 3. The molecule has 9 heteroatoms. The topological polar surface area (TPSA) is 101 Å². The van der Waals surface area contributed by atoms with Crippen molar-refractivity contribution in [1.82, 2.24) is 4.90 Å². The Bertz CT molecular complexity index is 1200. The summed E-state index contributed by atoms with van der Waals surface area (Å²) in [6.45, 7) is 1.88. The number of hydrogen-bond acceptors (Lipinski definition) is 8. The van der Waals surface area contributed by atoms with Gasteiger partial charge in [-0.25, -0.2) is 9.59 Å². The molecule has 0 unspecified atom stereocenters. The lowest BCUT2D eigenvalue weighted by atomic mass is 10.0. The van der Waals surface area contributed by atoms with E-state index in [1.54, 1.807) is 56.4 Å². The summed E-state index contributed by atoms with van der Waals surface area (Å²) >= 11 is 0. The molecular formula is C27H29NO8. The summed E-state index contributed by atoms with van der Waals surface area (Å²) < 4.78 is 25.5. The molecule has 0 bridgehead atoms. The highest BCUT2D eigenvalue weighted by molar-refractivity contribution is 6.16. The fourth-order valence-electron chi connectivity index (χ4n) is 3.80. The Labute approximate surface area is 209 Å². The first-order valence-electron chi connectivity index (χ1n) is 11.2. The zero-order chi connectivity index (χ0) is 26.2. The number of benzene rings is 2. The molecule has 36 heavy (non-hydrogen) atoms. The van der Waals surface area contributed by atoms with Crippen molar-refractivity contribution in [3.8, 4) is 17.2 Å². The molecule has 190 valence electrons. The van der Waals surface area contributed by atoms with Gasteiger partial charge in [0, 0.05) is 12.2 Å². The lowest BCUT2D eigenvalue weighted by molar-refractivity contribution is -0.143. The van der Waals surface area contributed by atoms with Gasteiger partial charge in [-0.05, 0) is 54.8 Å². The second kappa shape index (κ2) is 11.9. The van der Waals surface area contributed by atoms with Crippen LogP contribution in [0, 0.1) is 0 Å². The zero-order valence-corrected chi connectivity index (χ0v) is 21.0. The number of nitrogens with zero attached hydrogens (tertiary/aromatic N) is 1. The maximum absolute atomic E-state index is 13.4. The highest BCUT2D eigenvalue weighted by Crippen LogP contribution is 2.33. The molecule has 0 radical (unpaired) electrons. The van der Waals surface area contributed by atoms with Crippen LogP contribution in [0.2, 0.25) is 0 Å². The van der Waals surface area contributed by atoms with E-state index in [0.717, 1.165) is 5.56 Å². The molecular weight excluding hydrogens is 466 g/mol. The van der Waals surface area contributed by atoms with Gasteiger partial charge in [-0.2, -0.15) is 0 Å². The monoisotopic (exact) mass is 495 g/mol. The molecule has 0 aromatic heterocycles. The van der Waals surface area contributed by atoms with Crippen LogP contribution in [0.15, 0.2) is 59.3 Å². The Morgan fingerprint density at radius 1 is 0.917 bits per heavy atom. The molecule has 1 aliphatic heterocycles. The predicted octanol–water partition coefficient (Wildman–Crippen LogP) is 3.17. The molecule has 1 aliphatic rings. The number of methoxy groups -OCH3 is 4. The minimum absolute atomic E-state index is 0.209. The highest BCUT2D eigenvalue weighted by atomic mass is 16.6. The minimum atomic E-state index is -0.584.